The average molecular weight is 399 g/mol. The Labute approximate surface area is 171 Å². The molecule has 2 saturated carbocycles. The molecular weight excluding hydrogens is 370 g/mol. The first-order valence-corrected chi connectivity index (χ1v) is 11.2. The van der Waals surface area contributed by atoms with Gasteiger partial charge in [0.05, 0.1) is 31.3 Å². The summed E-state index contributed by atoms with van der Waals surface area (Å²) in [5.74, 6) is 1.62. The number of fused-ring (bicyclic) bond motifs is 1. The number of nitrogens with zero attached hydrogens (tertiary/aromatic N) is 1. The minimum atomic E-state index is -0.823. The van der Waals surface area contributed by atoms with Gasteiger partial charge in [-0.25, -0.2) is 0 Å². The second-order valence-corrected chi connectivity index (χ2v) is 9.94. The van der Waals surface area contributed by atoms with Crippen LogP contribution in [0.2, 0.25) is 0 Å². The van der Waals surface area contributed by atoms with Crippen molar-refractivity contribution in [3.63, 3.8) is 0 Å². The molecule has 0 radical (unpaired) electrons. The van der Waals surface area contributed by atoms with Gasteiger partial charge in [-0.3, -0.25) is 4.90 Å². The Morgan fingerprint density at radius 1 is 1.17 bits per heavy atom. The number of rotatable bonds is 3. The van der Waals surface area contributed by atoms with Crippen LogP contribution in [0.4, 0.5) is 0 Å². The lowest BCUT2D eigenvalue weighted by Crippen LogP contribution is -2.79. The molecule has 0 amide bonds. The fourth-order valence-corrected chi connectivity index (χ4v) is 7.36. The quantitative estimate of drug-likeness (QED) is 0.839. The van der Waals surface area contributed by atoms with E-state index in [0.717, 1.165) is 43.3 Å². The number of piperidine rings is 1. The fourth-order valence-electron chi connectivity index (χ4n) is 7.36. The molecule has 2 spiro atoms. The van der Waals surface area contributed by atoms with E-state index in [4.69, 9.17) is 18.9 Å². The normalized spacial score (nSPS) is 41.3. The fraction of sp³-hybridized carbons (Fsp3) is 0.739. The molecule has 2 saturated heterocycles. The lowest BCUT2D eigenvalue weighted by atomic mass is 9.48. The lowest BCUT2D eigenvalue weighted by molar-refractivity contribution is -0.296. The van der Waals surface area contributed by atoms with Crippen molar-refractivity contribution >= 4 is 0 Å². The molecule has 3 heterocycles. The zero-order valence-corrected chi connectivity index (χ0v) is 17.0. The largest absolute Gasteiger partial charge is 0.493 e. The third-order valence-corrected chi connectivity index (χ3v) is 8.75. The molecule has 6 nitrogen and oxygen atoms in total. The Morgan fingerprint density at radius 3 is 2.76 bits per heavy atom. The van der Waals surface area contributed by atoms with Crippen LogP contribution in [0.3, 0.4) is 0 Å². The minimum Gasteiger partial charge on any atom is -0.493 e. The van der Waals surface area contributed by atoms with Crippen LogP contribution in [-0.4, -0.2) is 67.0 Å². The summed E-state index contributed by atoms with van der Waals surface area (Å²) in [7, 11) is 1.69. The Balaban J connectivity index is 1.44. The van der Waals surface area contributed by atoms with Crippen molar-refractivity contribution in [2.75, 3.05) is 33.4 Å². The smallest absolute Gasteiger partial charge is 0.207 e. The highest BCUT2D eigenvalue weighted by Crippen LogP contribution is 2.68. The standard InChI is InChI=1S/C23H29NO5/c1-26-16-5-4-15-12-17-22(25)6-7-23(27-10-11-28-23)20-21(22,18(15)19(16)29-20)8-9-24(17)13-14-2-3-14/h4-5,14,17,20,25H,2-3,6-13H2,1H3/t17-,20?,21+,22-/m1/s1. The Kier molecular flexibility index (Phi) is 3.27. The summed E-state index contributed by atoms with van der Waals surface area (Å²) in [5.41, 5.74) is 1.16. The molecule has 4 fully saturated rings. The van der Waals surface area contributed by atoms with E-state index in [-0.39, 0.29) is 12.1 Å². The van der Waals surface area contributed by atoms with E-state index >= 15 is 0 Å². The molecule has 1 unspecified atom stereocenters. The Bertz CT molecular complexity index is 878. The van der Waals surface area contributed by atoms with Gasteiger partial charge in [-0.1, -0.05) is 6.07 Å². The number of likely N-dealkylation sites (tertiary alicyclic amines) is 1. The molecule has 1 aromatic rings. The molecule has 0 aromatic heterocycles. The number of benzene rings is 1. The van der Waals surface area contributed by atoms with Crippen LogP contribution in [0.25, 0.3) is 0 Å². The molecule has 6 aliphatic rings. The molecular formula is C23H29NO5. The van der Waals surface area contributed by atoms with Crippen LogP contribution >= 0.6 is 0 Å². The maximum absolute atomic E-state index is 12.4. The molecule has 7 rings (SSSR count). The summed E-state index contributed by atoms with van der Waals surface area (Å²) in [6.45, 7) is 3.29. The summed E-state index contributed by atoms with van der Waals surface area (Å²) < 4.78 is 24.8. The summed E-state index contributed by atoms with van der Waals surface area (Å²) in [4.78, 5) is 2.58. The highest BCUT2D eigenvalue weighted by molar-refractivity contribution is 5.63. The van der Waals surface area contributed by atoms with Crippen LogP contribution in [-0.2, 0) is 21.3 Å². The Morgan fingerprint density at radius 2 is 2.00 bits per heavy atom. The highest BCUT2D eigenvalue weighted by atomic mass is 16.8. The van der Waals surface area contributed by atoms with Gasteiger partial charge in [0.2, 0.25) is 5.79 Å². The minimum absolute atomic E-state index is 0.133. The molecule has 4 atom stereocenters. The van der Waals surface area contributed by atoms with Gasteiger partial charge in [0.25, 0.3) is 0 Å². The van der Waals surface area contributed by atoms with E-state index in [9.17, 15) is 5.11 Å². The monoisotopic (exact) mass is 399 g/mol. The van der Waals surface area contributed by atoms with Crippen molar-refractivity contribution in [1.29, 1.82) is 0 Å². The number of hydrogen-bond donors (Lipinski definition) is 1. The van der Waals surface area contributed by atoms with Gasteiger partial charge in [-0.15, -0.1) is 0 Å². The topological polar surface area (TPSA) is 60.4 Å². The van der Waals surface area contributed by atoms with Gasteiger partial charge in [-0.05, 0) is 56.2 Å². The SMILES string of the molecule is COc1ccc2c3c1OC1C4(CC[C@@]5(O)[C@@H](C2)N(CC2CC2)CC[C@]315)OCCO4. The lowest BCUT2D eigenvalue weighted by Gasteiger charge is -2.65. The first-order valence-electron chi connectivity index (χ1n) is 11.2. The maximum Gasteiger partial charge on any atom is 0.207 e. The molecule has 156 valence electrons. The molecule has 3 aliphatic carbocycles. The van der Waals surface area contributed by atoms with Crippen molar-refractivity contribution in [2.45, 2.75) is 67.5 Å². The molecule has 3 aliphatic heterocycles. The predicted molar refractivity (Wildman–Crippen MR) is 104 cm³/mol. The predicted octanol–water partition coefficient (Wildman–Crippen LogP) is 2.00. The second kappa shape index (κ2) is 5.47. The first-order chi connectivity index (χ1) is 14.1. The van der Waals surface area contributed by atoms with Gasteiger partial charge < -0.3 is 24.1 Å². The third kappa shape index (κ3) is 1.93. The Hall–Kier alpha value is -1.34. The molecule has 6 heteroatoms. The van der Waals surface area contributed by atoms with Crippen LogP contribution < -0.4 is 9.47 Å². The van der Waals surface area contributed by atoms with Crippen molar-refractivity contribution in [1.82, 2.24) is 4.90 Å². The maximum atomic E-state index is 12.4. The number of hydrogen-bond acceptors (Lipinski definition) is 6. The molecule has 29 heavy (non-hydrogen) atoms. The number of ether oxygens (including phenoxy) is 4. The van der Waals surface area contributed by atoms with Crippen molar-refractivity contribution in [3.05, 3.63) is 23.3 Å². The first kappa shape index (κ1) is 17.4. The van der Waals surface area contributed by atoms with E-state index in [1.54, 1.807) is 7.11 Å². The summed E-state index contributed by atoms with van der Waals surface area (Å²) in [6.07, 6.45) is 5.46. The van der Waals surface area contributed by atoms with E-state index in [0.29, 0.717) is 26.1 Å². The second-order valence-electron chi connectivity index (χ2n) is 9.94. The van der Waals surface area contributed by atoms with Gasteiger partial charge in [0.15, 0.2) is 17.6 Å². The van der Waals surface area contributed by atoms with Gasteiger partial charge in [-0.2, -0.15) is 0 Å². The van der Waals surface area contributed by atoms with Crippen molar-refractivity contribution < 1.29 is 24.1 Å². The molecule has 1 aromatic carbocycles. The van der Waals surface area contributed by atoms with Gasteiger partial charge in [0, 0.05) is 24.6 Å². The van der Waals surface area contributed by atoms with E-state index in [2.05, 4.69) is 11.0 Å². The third-order valence-electron chi connectivity index (χ3n) is 8.75. The van der Waals surface area contributed by atoms with Crippen molar-refractivity contribution in [3.8, 4) is 11.5 Å². The van der Waals surface area contributed by atoms with Gasteiger partial charge in [0.1, 0.15) is 0 Å². The van der Waals surface area contributed by atoms with E-state index in [1.807, 2.05) is 6.07 Å². The number of methoxy groups -OCH3 is 1. The van der Waals surface area contributed by atoms with Crippen molar-refractivity contribution in [2.24, 2.45) is 5.92 Å². The van der Waals surface area contributed by atoms with Crippen LogP contribution in [0, 0.1) is 5.92 Å². The zero-order chi connectivity index (χ0) is 19.4. The highest BCUT2D eigenvalue weighted by Gasteiger charge is 2.77. The van der Waals surface area contributed by atoms with Crippen LogP contribution in [0.5, 0.6) is 11.5 Å². The summed E-state index contributed by atoms with van der Waals surface area (Å²) in [6, 6.07) is 4.35. The molecule has 2 bridgehead atoms. The van der Waals surface area contributed by atoms with E-state index in [1.165, 1.54) is 24.0 Å². The summed E-state index contributed by atoms with van der Waals surface area (Å²) in [5, 5.41) is 12.4. The average Bonchev–Trinajstić information content (AvgIpc) is 3.28. The van der Waals surface area contributed by atoms with Crippen LogP contribution in [0.1, 0.15) is 43.2 Å². The van der Waals surface area contributed by atoms with E-state index < -0.39 is 16.8 Å². The van der Waals surface area contributed by atoms with Gasteiger partial charge >= 0.3 is 0 Å². The number of aliphatic hydroxyl groups is 1. The van der Waals surface area contributed by atoms with Crippen LogP contribution in [0.15, 0.2) is 12.1 Å². The zero-order valence-electron chi connectivity index (χ0n) is 17.0. The molecule has 1 N–H and O–H groups in total. The summed E-state index contributed by atoms with van der Waals surface area (Å²) >= 11 is 0.